The van der Waals surface area contributed by atoms with Gasteiger partial charge in [0, 0.05) is 12.8 Å². The molecule has 0 fully saturated rings. The zero-order valence-electron chi connectivity index (χ0n) is 35.8. The minimum Gasteiger partial charge on any atom is -0.466 e. The van der Waals surface area contributed by atoms with Gasteiger partial charge in [0.05, 0.1) is 25.4 Å². The molecule has 0 heterocycles. The number of unbranched alkanes of at least 4 members (excludes halogenated alkanes) is 33. The van der Waals surface area contributed by atoms with E-state index in [0.717, 1.165) is 57.8 Å². The highest BCUT2D eigenvalue weighted by Crippen LogP contribution is 2.16. The lowest BCUT2D eigenvalue weighted by molar-refractivity contribution is -0.143. The van der Waals surface area contributed by atoms with Crippen molar-refractivity contribution in [1.29, 1.82) is 0 Å². The molecular weight excluding hydrogens is 659 g/mol. The van der Waals surface area contributed by atoms with Crippen LogP contribution in [0.5, 0.6) is 0 Å². The molecule has 0 aromatic rings. The van der Waals surface area contributed by atoms with Gasteiger partial charge in [0.1, 0.15) is 0 Å². The van der Waals surface area contributed by atoms with Gasteiger partial charge in [-0.05, 0) is 25.7 Å². The number of hydrogen-bond donors (Lipinski definition) is 3. The van der Waals surface area contributed by atoms with E-state index in [2.05, 4.69) is 19.2 Å². The minimum absolute atomic E-state index is 0.0231. The van der Waals surface area contributed by atoms with Crippen LogP contribution in [0.1, 0.15) is 264 Å². The first kappa shape index (κ1) is 51.9. The molecule has 0 aliphatic rings. The zero-order chi connectivity index (χ0) is 38.7. The van der Waals surface area contributed by atoms with Gasteiger partial charge in [0.25, 0.3) is 0 Å². The van der Waals surface area contributed by atoms with E-state index in [1.54, 1.807) is 0 Å². The Morgan fingerprint density at radius 3 is 1.15 bits per heavy atom. The van der Waals surface area contributed by atoms with Crippen LogP contribution in [0.3, 0.4) is 0 Å². The van der Waals surface area contributed by atoms with Crippen LogP contribution in [0.15, 0.2) is 0 Å². The Morgan fingerprint density at radius 1 is 0.453 bits per heavy atom. The van der Waals surface area contributed by atoms with Crippen molar-refractivity contribution in [2.45, 2.75) is 276 Å². The topological polar surface area (TPSA) is 95.9 Å². The monoisotopic (exact) mass is 752 g/mol. The molecule has 6 nitrogen and oxygen atoms in total. The Balaban J connectivity index is 3.48. The predicted molar refractivity (Wildman–Crippen MR) is 227 cm³/mol. The number of aliphatic hydroxyl groups is 2. The van der Waals surface area contributed by atoms with E-state index in [-0.39, 0.29) is 18.5 Å². The van der Waals surface area contributed by atoms with Gasteiger partial charge < -0.3 is 20.3 Å². The number of nitrogens with one attached hydrogen (secondary N) is 1. The van der Waals surface area contributed by atoms with Gasteiger partial charge in [0.2, 0.25) is 5.91 Å². The third kappa shape index (κ3) is 40.3. The lowest BCUT2D eigenvalue weighted by Gasteiger charge is -2.22. The lowest BCUT2D eigenvalue weighted by Crippen LogP contribution is -2.45. The second kappa shape index (κ2) is 43.6. The molecule has 0 radical (unpaired) electrons. The van der Waals surface area contributed by atoms with E-state index in [0.29, 0.717) is 25.9 Å². The van der Waals surface area contributed by atoms with Crippen LogP contribution in [0.2, 0.25) is 0 Å². The van der Waals surface area contributed by atoms with Gasteiger partial charge in [-0.25, -0.2) is 0 Å². The first-order valence-electron chi connectivity index (χ1n) is 23.8. The summed E-state index contributed by atoms with van der Waals surface area (Å²) in [5.41, 5.74) is 0. The van der Waals surface area contributed by atoms with Crippen LogP contribution in [0, 0.1) is 0 Å². The van der Waals surface area contributed by atoms with Crippen molar-refractivity contribution in [3.05, 3.63) is 0 Å². The van der Waals surface area contributed by atoms with Gasteiger partial charge in [-0.3, -0.25) is 9.59 Å². The average Bonchev–Trinajstić information content (AvgIpc) is 3.16. The highest BCUT2D eigenvalue weighted by atomic mass is 16.5. The summed E-state index contributed by atoms with van der Waals surface area (Å²) >= 11 is 0. The number of aliphatic hydroxyl groups excluding tert-OH is 2. The fourth-order valence-corrected chi connectivity index (χ4v) is 7.46. The molecule has 3 N–H and O–H groups in total. The summed E-state index contributed by atoms with van der Waals surface area (Å²) in [4.78, 5) is 24.4. The standard InChI is InChI=1S/C47H93NO5/c1-3-5-7-9-11-13-15-17-19-20-23-27-31-35-39-45(50)44(43-49)48-46(51)40-36-32-28-24-22-26-30-34-38-42-53-47(52)41-37-33-29-25-21-18-16-14-12-10-8-6-4-2/h44-45,49-50H,3-43H2,1-2H3,(H,48,51). The molecule has 53 heavy (non-hydrogen) atoms. The molecule has 0 saturated carbocycles. The number of carbonyl (C=O) groups excluding carboxylic acids is 2. The number of amides is 1. The van der Waals surface area contributed by atoms with Gasteiger partial charge >= 0.3 is 5.97 Å². The summed E-state index contributed by atoms with van der Waals surface area (Å²) in [7, 11) is 0. The van der Waals surface area contributed by atoms with Crippen LogP contribution >= 0.6 is 0 Å². The van der Waals surface area contributed by atoms with Crippen molar-refractivity contribution in [2.24, 2.45) is 0 Å². The summed E-state index contributed by atoms with van der Waals surface area (Å²) in [5.74, 6) is -0.0841. The van der Waals surface area contributed by atoms with Crippen molar-refractivity contribution in [1.82, 2.24) is 5.32 Å². The quantitative estimate of drug-likeness (QED) is 0.0425. The fraction of sp³-hybridized carbons (Fsp3) is 0.957. The summed E-state index contributed by atoms with van der Waals surface area (Å²) in [6.07, 6.45) is 46.3. The SMILES string of the molecule is CCCCCCCCCCCCCCCCC(O)C(CO)NC(=O)CCCCCCCCCCCOC(=O)CCCCCCCCCCCCCCC. The molecule has 0 spiro atoms. The van der Waals surface area contributed by atoms with Gasteiger partial charge in [-0.1, -0.05) is 226 Å². The maximum atomic E-state index is 12.4. The largest absolute Gasteiger partial charge is 0.466 e. The molecule has 0 saturated heterocycles. The van der Waals surface area contributed by atoms with Crippen LogP contribution < -0.4 is 5.32 Å². The molecule has 0 aromatic heterocycles. The Bertz CT molecular complexity index is 746. The van der Waals surface area contributed by atoms with Crippen molar-refractivity contribution >= 4 is 11.9 Å². The van der Waals surface area contributed by atoms with E-state index in [4.69, 9.17) is 4.74 Å². The maximum absolute atomic E-state index is 12.4. The third-order valence-electron chi connectivity index (χ3n) is 11.2. The fourth-order valence-electron chi connectivity index (χ4n) is 7.46. The average molecular weight is 752 g/mol. The Labute approximate surface area is 330 Å². The number of rotatable bonds is 44. The molecule has 6 heteroatoms. The molecule has 0 bridgehead atoms. The number of carbonyl (C=O) groups is 2. The molecule has 0 aliphatic carbocycles. The molecule has 0 aromatic carbocycles. The Hall–Kier alpha value is -1.14. The summed E-state index contributed by atoms with van der Waals surface area (Å²) in [5, 5.41) is 23.1. The Morgan fingerprint density at radius 2 is 0.774 bits per heavy atom. The molecule has 0 rings (SSSR count). The van der Waals surface area contributed by atoms with E-state index in [9.17, 15) is 19.8 Å². The molecule has 2 unspecified atom stereocenters. The summed E-state index contributed by atoms with van der Waals surface area (Å²) in [6, 6.07) is -0.558. The van der Waals surface area contributed by atoms with E-state index in [1.165, 1.54) is 173 Å². The van der Waals surface area contributed by atoms with Crippen molar-refractivity contribution in [2.75, 3.05) is 13.2 Å². The molecular formula is C47H93NO5. The van der Waals surface area contributed by atoms with Crippen molar-refractivity contribution in [3.63, 3.8) is 0 Å². The maximum Gasteiger partial charge on any atom is 0.305 e. The smallest absolute Gasteiger partial charge is 0.305 e. The first-order chi connectivity index (χ1) is 26.0. The van der Waals surface area contributed by atoms with Crippen LogP contribution in [-0.4, -0.2) is 47.4 Å². The second-order valence-electron chi connectivity index (χ2n) is 16.5. The van der Waals surface area contributed by atoms with Crippen LogP contribution in [0.4, 0.5) is 0 Å². The zero-order valence-corrected chi connectivity index (χ0v) is 35.8. The first-order valence-corrected chi connectivity index (χ1v) is 23.8. The third-order valence-corrected chi connectivity index (χ3v) is 11.2. The summed E-state index contributed by atoms with van der Waals surface area (Å²) in [6.45, 7) is 4.89. The highest BCUT2D eigenvalue weighted by Gasteiger charge is 2.20. The van der Waals surface area contributed by atoms with Crippen LogP contribution in [-0.2, 0) is 14.3 Å². The molecule has 0 aliphatic heterocycles. The molecule has 1 amide bonds. The van der Waals surface area contributed by atoms with Crippen LogP contribution in [0.25, 0.3) is 0 Å². The van der Waals surface area contributed by atoms with E-state index in [1.807, 2.05) is 0 Å². The van der Waals surface area contributed by atoms with Crippen molar-refractivity contribution < 1.29 is 24.5 Å². The number of hydrogen-bond acceptors (Lipinski definition) is 5. The lowest BCUT2D eigenvalue weighted by atomic mass is 10.0. The van der Waals surface area contributed by atoms with Gasteiger partial charge in [-0.15, -0.1) is 0 Å². The number of ether oxygens (including phenoxy) is 1. The van der Waals surface area contributed by atoms with Crippen molar-refractivity contribution in [3.8, 4) is 0 Å². The van der Waals surface area contributed by atoms with Gasteiger partial charge in [0.15, 0.2) is 0 Å². The second-order valence-corrected chi connectivity index (χ2v) is 16.5. The Kier molecular flexibility index (Phi) is 42.6. The number of esters is 1. The van der Waals surface area contributed by atoms with Gasteiger partial charge in [-0.2, -0.15) is 0 Å². The highest BCUT2D eigenvalue weighted by molar-refractivity contribution is 5.76. The van der Waals surface area contributed by atoms with E-state index >= 15 is 0 Å². The molecule has 316 valence electrons. The summed E-state index contributed by atoms with van der Waals surface area (Å²) < 4.78 is 5.44. The van der Waals surface area contributed by atoms with E-state index < -0.39 is 12.1 Å². The predicted octanol–water partition coefficient (Wildman–Crippen LogP) is 13.6. The minimum atomic E-state index is -0.678. The normalized spacial score (nSPS) is 12.6. The molecule has 2 atom stereocenters.